The average Bonchev–Trinajstić information content (AvgIpc) is 2.41. The fraction of sp³-hybridized carbons (Fsp3) is 0.333. The molecule has 1 atom stereocenters. The minimum absolute atomic E-state index is 0.111. The van der Waals surface area contributed by atoms with Gasteiger partial charge in [0.25, 0.3) is 0 Å². The number of benzene rings is 1. The van der Waals surface area contributed by atoms with Gasteiger partial charge in [-0.05, 0) is 31.2 Å². The van der Waals surface area contributed by atoms with E-state index < -0.39 is 18.2 Å². The van der Waals surface area contributed by atoms with E-state index in [-0.39, 0.29) is 11.3 Å². The first-order valence-electron chi connectivity index (χ1n) is 6.65. The Balaban J connectivity index is 2.57. The van der Waals surface area contributed by atoms with Gasteiger partial charge in [-0.2, -0.15) is 0 Å². The van der Waals surface area contributed by atoms with E-state index in [4.69, 9.17) is 9.84 Å². The van der Waals surface area contributed by atoms with E-state index in [9.17, 15) is 9.59 Å². The van der Waals surface area contributed by atoms with E-state index >= 15 is 0 Å². The molecule has 1 rings (SSSR count). The molecule has 0 saturated carbocycles. The number of hydrogen-bond acceptors (Lipinski definition) is 4. The summed E-state index contributed by atoms with van der Waals surface area (Å²) in [5.41, 5.74) is 0.795. The molecule has 1 unspecified atom stereocenters. The summed E-state index contributed by atoms with van der Waals surface area (Å²) in [4.78, 5) is 23.3. The first-order chi connectivity index (χ1) is 9.92. The third-order valence-corrected chi connectivity index (χ3v) is 2.57. The summed E-state index contributed by atoms with van der Waals surface area (Å²) in [5, 5.41) is 14.3. The summed E-state index contributed by atoms with van der Waals surface area (Å²) in [6, 6.07) is 5.54. The van der Waals surface area contributed by atoms with E-state index in [0.29, 0.717) is 12.1 Å². The van der Waals surface area contributed by atoms with Crippen LogP contribution in [0.3, 0.4) is 0 Å². The van der Waals surface area contributed by atoms with Crippen LogP contribution in [0, 0.1) is 0 Å². The van der Waals surface area contributed by atoms with Crippen molar-refractivity contribution >= 4 is 17.7 Å². The number of urea groups is 1. The van der Waals surface area contributed by atoms with Crippen molar-refractivity contribution in [1.29, 1.82) is 0 Å². The minimum atomic E-state index is -0.712. The second-order valence-corrected chi connectivity index (χ2v) is 4.61. The lowest BCUT2D eigenvalue weighted by molar-refractivity contribution is -0.145. The number of esters is 1. The molecular weight excluding hydrogens is 272 g/mol. The molecule has 0 bridgehead atoms. The molecule has 0 aromatic heterocycles. The molecule has 0 fully saturated rings. The van der Waals surface area contributed by atoms with E-state index in [2.05, 4.69) is 17.2 Å². The summed E-state index contributed by atoms with van der Waals surface area (Å²) < 4.78 is 5.13. The molecule has 0 aliphatic rings. The molecule has 0 radical (unpaired) electrons. The van der Waals surface area contributed by atoms with Crippen LogP contribution in [0.5, 0.6) is 5.75 Å². The number of carbonyl (C=O) groups is 2. The highest BCUT2D eigenvalue weighted by molar-refractivity contribution is 5.90. The van der Waals surface area contributed by atoms with Crippen LogP contribution in [0.2, 0.25) is 0 Å². The predicted octanol–water partition coefficient (Wildman–Crippen LogP) is 2.76. The van der Waals surface area contributed by atoms with Crippen LogP contribution in [0.25, 0.3) is 0 Å². The largest absolute Gasteiger partial charge is 0.508 e. The SMILES string of the molecule is C=C(C)C(=O)OC(CCC)NC(=O)Nc1ccc(O)cc1. The summed E-state index contributed by atoms with van der Waals surface area (Å²) >= 11 is 0. The van der Waals surface area contributed by atoms with Gasteiger partial charge >= 0.3 is 12.0 Å². The highest BCUT2D eigenvalue weighted by atomic mass is 16.6. The first-order valence-corrected chi connectivity index (χ1v) is 6.65. The Morgan fingerprint density at radius 3 is 2.48 bits per heavy atom. The zero-order valence-corrected chi connectivity index (χ0v) is 12.2. The molecule has 0 aliphatic heterocycles. The van der Waals surface area contributed by atoms with E-state index in [0.717, 1.165) is 6.42 Å². The molecule has 0 spiro atoms. The lowest BCUT2D eigenvalue weighted by Crippen LogP contribution is -2.40. The van der Waals surface area contributed by atoms with Gasteiger partial charge in [0.1, 0.15) is 5.75 Å². The van der Waals surface area contributed by atoms with Crippen molar-refractivity contribution in [3.63, 3.8) is 0 Å². The molecule has 6 heteroatoms. The molecule has 1 aromatic rings. The normalized spacial score (nSPS) is 11.3. The van der Waals surface area contributed by atoms with Crippen LogP contribution in [0.1, 0.15) is 26.7 Å². The zero-order chi connectivity index (χ0) is 15.8. The standard InChI is InChI=1S/C15H20N2O4/c1-4-5-13(21-14(19)10(2)3)17-15(20)16-11-6-8-12(18)9-7-11/h6-9,13,18H,2,4-5H2,1,3H3,(H2,16,17,20). The number of phenolic OH excluding ortho intramolecular Hbond substituents is 1. The summed E-state index contributed by atoms with van der Waals surface area (Å²) in [5.74, 6) is -0.432. The predicted molar refractivity (Wildman–Crippen MR) is 79.9 cm³/mol. The molecule has 114 valence electrons. The van der Waals surface area contributed by atoms with Crippen LogP contribution in [0.4, 0.5) is 10.5 Å². The number of anilines is 1. The highest BCUT2D eigenvalue weighted by Crippen LogP contribution is 2.13. The topological polar surface area (TPSA) is 87.7 Å². The van der Waals surface area contributed by atoms with Gasteiger partial charge in [0.2, 0.25) is 0 Å². The van der Waals surface area contributed by atoms with Gasteiger partial charge in [-0.3, -0.25) is 0 Å². The maximum Gasteiger partial charge on any atom is 0.335 e. The van der Waals surface area contributed by atoms with Crippen molar-refractivity contribution in [3.05, 3.63) is 36.4 Å². The van der Waals surface area contributed by atoms with E-state index in [1.165, 1.54) is 12.1 Å². The Morgan fingerprint density at radius 1 is 1.33 bits per heavy atom. The van der Waals surface area contributed by atoms with Gasteiger partial charge in [0, 0.05) is 17.7 Å². The van der Waals surface area contributed by atoms with Crippen LogP contribution in [0.15, 0.2) is 36.4 Å². The maximum atomic E-state index is 11.8. The van der Waals surface area contributed by atoms with Gasteiger partial charge in [0.15, 0.2) is 6.23 Å². The number of amides is 2. The molecule has 0 saturated heterocycles. The fourth-order valence-electron chi connectivity index (χ4n) is 1.51. The summed E-state index contributed by atoms with van der Waals surface area (Å²) in [7, 11) is 0. The molecular formula is C15H20N2O4. The monoisotopic (exact) mass is 292 g/mol. The number of nitrogens with one attached hydrogen (secondary N) is 2. The number of ether oxygens (including phenoxy) is 1. The lowest BCUT2D eigenvalue weighted by Gasteiger charge is -2.19. The Bertz CT molecular complexity index is 511. The van der Waals surface area contributed by atoms with Crippen LogP contribution >= 0.6 is 0 Å². The van der Waals surface area contributed by atoms with Crippen LogP contribution in [-0.4, -0.2) is 23.3 Å². The highest BCUT2D eigenvalue weighted by Gasteiger charge is 2.16. The van der Waals surface area contributed by atoms with Crippen molar-refractivity contribution in [2.75, 3.05) is 5.32 Å². The number of carbonyl (C=O) groups excluding carboxylic acids is 2. The van der Waals surface area contributed by atoms with Crippen molar-refractivity contribution in [3.8, 4) is 5.75 Å². The molecule has 6 nitrogen and oxygen atoms in total. The molecule has 3 N–H and O–H groups in total. The molecule has 2 amide bonds. The Hall–Kier alpha value is -2.50. The average molecular weight is 292 g/mol. The fourth-order valence-corrected chi connectivity index (χ4v) is 1.51. The van der Waals surface area contributed by atoms with Gasteiger partial charge < -0.3 is 20.5 Å². The molecule has 21 heavy (non-hydrogen) atoms. The Kier molecular flexibility index (Phi) is 6.26. The van der Waals surface area contributed by atoms with Crippen molar-refractivity contribution in [2.45, 2.75) is 32.9 Å². The number of rotatable bonds is 6. The van der Waals surface area contributed by atoms with Gasteiger partial charge in [-0.15, -0.1) is 0 Å². The van der Waals surface area contributed by atoms with Crippen LogP contribution in [-0.2, 0) is 9.53 Å². The maximum absolute atomic E-state index is 11.8. The van der Waals surface area contributed by atoms with E-state index in [1.54, 1.807) is 19.1 Å². The third kappa shape index (κ3) is 5.99. The Labute approximate surface area is 123 Å². The summed E-state index contributed by atoms with van der Waals surface area (Å²) in [6.07, 6.45) is 0.534. The second-order valence-electron chi connectivity index (χ2n) is 4.61. The molecule has 1 aromatic carbocycles. The smallest absolute Gasteiger partial charge is 0.335 e. The Morgan fingerprint density at radius 2 is 1.95 bits per heavy atom. The number of phenols is 1. The molecule has 0 heterocycles. The van der Waals surface area contributed by atoms with Crippen molar-refractivity contribution in [2.24, 2.45) is 0 Å². The second kappa shape index (κ2) is 7.94. The zero-order valence-electron chi connectivity index (χ0n) is 12.2. The van der Waals surface area contributed by atoms with Gasteiger partial charge in [0.05, 0.1) is 0 Å². The lowest BCUT2D eigenvalue weighted by atomic mass is 10.3. The quantitative estimate of drug-likeness (QED) is 0.325. The summed E-state index contributed by atoms with van der Waals surface area (Å²) in [6.45, 7) is 6.96. The van der Waals surface area contributed by atoms with E-state index in [1.807, 2.05) is 6.92 Å². The molecule has 0 aliphatic carbocycles. The van der Waals surface area contributed by atoms with Crippen molar-refractivity contribution < 1.29 is 19.4 Å². The van der Waals surface area contributed by atoms with Crippen LogP contribution < -0.4 is 10.6 Å². The third-order valence-electron chi connectivity index (χ3n) is 2.57. The minimum Gasteiger partial charge on any atom is -0.508 e. The first kappa shape index (κ1) is 16.6. The van der Waals surface area contributed by atoms with Crippen molar-refractivity contribution in [1.82, 2.24) is 5.32 Å². The van der Waals surface area contributed by atoms with Gasteiger partial charge in [-0.25, -0.2) is 9.59 Å². The van der Waals surface area contributed by atoms with Gasteiger partial charge in [-0.1, -0.05) is 19.9 Å². The number of hydrogen-bond donors (Lipinski definition) is 3. The number of aromatic hydroxyl groups is 1.